The summed E-state index contributed by atoms with van der Waals surface area (Å²) in [5.74, 6) is -0.254. The quantitative estimate of drug-likeness (QED) is 0.821. The summed E-state index contributed by atoms with van der Waals surface area (Å²) in [7, 11) is 0. The number of hydrogen-bond donors (Lipinski definition) is 1. The van der Waals surface area contributed by atoms with Gasteiger partial charge in [0, 0.05) is 16.1 Å². The number of nitrogens with two attached hydrogens (primary N) is 1. The Labute approximate surface area is 91.9 Å². The summed E-state index contributed by atoms with van der Waals surface area (Å²) in [5.41, 5.74) is 6.39. The molecule has 1 aromatic rings. The first-order valence-electron chi connectivity index (χ1n) is 4.46. The Bertz CT molecular complexity index is 325. The van der Waals surface area contributed by atoms with Gasteiger partial charge in [0.1, 0.15) is 5.82 Å². The number of rotatable bonds is 4. The third-order valence-electron chi connectivity index (χ3n) is 2.04. The maximum Gasteiger partial charge on any atom is 0.129 e. The lowest BCUT2D eigenvalue weighted by atomic mass is 10.0. The molecule has 0 spiro atoms. The molecule has 1 nitrogen and oxygen atoms in total. The summed E-state index contributed by atoms with van der Waals surface area (Å²) in [4.78, 5) is 0. The molecule has 0 saturated heterocycles. The van der Waals surface area contributed by atoms with E-state index in [1.165, 1.54) is 6.07 Å². The van der Waals surface area contributed by atoms with Gasteiger partial charge in [0.05, 0.1) is 0 Å². The summed E-state index contributed by atoms with van der Waals surface area (Å²) in [6.45, 7) is 3.61. The topological polar surface area (TPSA) is 26.0 Å². The molecule has 0 aliphatic rings. The van der Waals surface area contributed by atoms with E-state index >= 15 is 0 Å². The maximum absolute atomic E-state index is 13.4. The summed E-state index contributed by atoms with van der Waals surface area (Å²) in [6.07, 6.45) is 3.31. The number of allylic oxidation sites excluding steroid dienone is 1. The Kier molecular flexibility index (Phi) is 4.29. The van der Waals surface area contributed by atoms with Crippen molar-refractivity contribution in [1.82, 2.24) is 0 Å². The zero-order valence-electron chi connectivity index (χ0n) is 7.84. The minimum atomic E-state index is -0.254. The van der Waals surface area contributed by atoms with Crippen molar-refractivity contribution < 1.29 is 4.39 Å². The van der Waals surface area contributed by atoms with Crippen molar-refractivity contribution >= 4 is 15.9 Å². The van der Waals surface area contributed by atoms with E-state index in [0.29, 0.717) is 5.56 Å². The van der Waals surface area contributed by atoms with Crippen LogP contribution in [0.25, 0.3) is 0 Å². The van der Waals surface area contributed by atoms with Crippen molar-refractivity contribution in [3.05, 3.63) is 46.7 Å². The lowest BCUT2D eigenvalue weighted by molar-refractivity contribution is 0.566. The van der Waals surface area contributed by atoms with Crippen molar-refractivity contribution in [2.24, 2.45) is 5.73 Å². The molecule has 3 heteroatoms. The normalized spacial score (nSPS) is 12.5. The Hall–Kier alpha value is -0.670. The molecule has 1 rings (SSSR count). The first-order valence-corrected chi connectivity index (χ1v) is 5.26. The summed E-state index contributed by atoms with van der Waals surface area (Å²) in [5, 5.41) is 0. The lowest BCUT2D eigenvalue weighted by Gasteiger charge is -2.11. The Morgan fingerprint density at radius 2 is 2.29 bits per heavy atom. The first kappa shape index (κ1) is 11.4. The molecule has 0 radical (unpaired) electrons. The fourth-order valence-electron chi connectivity index (χ4n) is 1.26. The lowest BCUT2D eigenvalue weighted by Crippen LogP contribution is -2.11. The van der Waals surface area contributed by atoms with Gasteiger partial charge in [-0.15, -0.1) is 6.58 Å². The van der Waals surface area contributed by atoms with E-state index in [4.69, 9.17) is 5.73 Å². The molecule has 1 atom stereocenters. The van der Waals surface area contributed by atoms with E-state index in [9.17, 15) is 4.39 Å². The van der Waals surface area contributed by atoms with Gasteiger partial charge in [-0.25, -0.2) is 4.39 Å². The number of benzene rings is 1. The first-order chi connectivity index (χ1) is 6.65. The van der Waals surface area contributed by atoms with Crippen LogP contribution in [0.4, 0.5) is 4.39 Å². The third-order valence-corrected chi connectivity index (χ3v) is 2.54. The van der Waals surface area contributed by atoms with Crippen LogP contribution in [0.15, 0.2) is 35.3 Å². The summed E-state index contributed by atoms with van der Waals surface area (Å²) < 4.78 is 14.1. The molecule has 76 valence electrons. The van der Waals surface area contributed by atoms with Gasteiger partial charge in [-0.2, -0.15) is 0 Å². The zero-order valence-corrected chi connectivity index (χ0v) is 9.43. The van der Waals surface area contributed by atoms with Crippen molar-refractivity contribution in [3.63, 3.8) is 0 Å². The molecule has 0 aliphatic heterocycles. The fourth-order valence-corrected chi connectivity index (χ4v) is 1.59. The zero-order chi connectivity index (χ0) is 10.6. The largest absolute Gasteiger partial charge is 0.324 e. The van der Waals surface area contributed by atoms with Gasteiger partial charge >= 0.3 is 0 Å². The second-order valence-electron chi connectivity index (χ2n) is 3.14. The highest BCUT2D eigenvalue weighted by Gasteiger charge is 2.10. The standard InChI is InChI=1S/C11H13BrFN/c1-2-3-4-11(14)9-6-5-8(12)7-10(9)13/h2,5-7,11H,1,3-4,14H2/t11-/m0/s1. The van der Waals surface area contributed by atoms with Gasteiger partial charge in [-0.1, -0.05) is 28.1 Å². The fraction of sp³-hybridized carbons (Fsp3) is 0.273. The van der Waals surface area contributed by atoms with Gasteiger partial charge in [0.2, 0.25) is 0 Å². The highest BCUT2D eigenvalue weighted by molar-refractivity contribution is 9.10. The molecule has 0 saturated carbocycles. The molecule has 0 fully saturated rings. The minimum absolute atomic E-state index is 0.249. The van der Waals surface area contributed by atoms with Crippen LogP contribution in [0.3, 0.4) is 0 Å². The molecule has 0 aromatic heterocycles. The molecule has 0 bridgehead atoms. The van der Waals surface area contributed by atoms with E-state index in [2.05, 4.69) is 22.5 Å². The molecular weight excluding hydrogens is 245 g/mol. The Morgan fingerprint density at radius 1 is 1.57 bits per heavy atom. The van der Waals surface area contributed by atoms with E-state index in [0.717, 1.165) is 17.3 Å². The highest BCUT2D eigenvalue weighted by Crippen LogP contribution is 2.22. The molecule has 0 amide bonds. The molecule has 0 unspecified atom stereocenters. The van der Waals surface area contributed by atoms with Gasteiger partial charge in [-0.05, 0) is 25.0 Å². The Balaban J connectivity index is 2.78. The molecule has 0 heterocycles. The van der Waals surface area contributed by atoms with E-state index in [-0.39, 0.29) is 11.9 Å². The van der Waals surface area contributed by atoms with Crippen LogP contribution in [-0.4, -0.2) is 0 Å². The van der Waals surface area contributed by atoms with E-state index in [1.807, 2.05) is 0 Å². The second kappa shape index (κ2) is 5.27. The maximum atomic E-state index is 13.4. The highest BCUT2D eigenvalue weighted by atomic mass is 79.9. The minimum Gasteiger partial charge on any atom is -0.324 e. The van der Waals surface area contributed by atoms with Gasteiger partial charge < -0.3 is 5.73 Å². The van der Waals surface area contributed by atoms with Crippen molar-refractivity contribution in [2.75, 3.05) is 0 Å². The van der Waals surface area contributed by atoms with Gasteiger partial charge in [-0.3, -0.25) is 0 Å². The van der Waals surface area contributed by atoms with Crippen molar-refractivity contribution in [2.45, 2.75) is 18.9 Å². The van der Waals surface area contributed by atoms with Gasteiger partial charge in [0.25, 0.3) is 0 Å². The van der Waals surface area contributed by atoms with E-state index < -0.39 is 0 Å². The van der Waals surface area contributed by atoms with Crippen LogP contribution in [0.5, 0.6) is 0 Å². The Morgan fingerprint density at radius 3 is 2.86 bits per heavy atom. The van der Waals surface area contributed by atoms with Crippen LogP contribution < -0.4 is 5.73 Å². The summed E-state index contributed by atoms with van der Waals surface area (Å²) in [6, 6.07) is 4.70. The summed E-state index contributed by atoms with van der Waals surface area (Å²) >= 11 is 3.20. The van der Waals surface area contributed by atoms with Crippen LogP contribution >= 0.6 is 15.9 Å². The number of hydrogen-bond acceptors (Lipinski definition) is 1. The molecule has 0 aliphatic carbocycles. The van der Waals surface area contributed by atoms with E-state index in [1.54, 1.807) is 18.2 Å². The van der Waals surface area contributed by atoms with Gasteiger partial charge in [0.15, 0.2) is 0 Å². The predicted molar refractivity (Wildman–Crippen MR) is 60.5 cm³/mol. The van der Waals surface area contributed by atoms with Crippen molar-refractivity contribution in [3.8, 4) is 0 Å². The third kappa shape index (κ3) is 2.93. The van der Waals surface area contributed by atoms with Crippen molar-refractivity contribution in [1.29, 1.82) is 0 Å². The van der Waals surface area contributed by atoms with Crippen LogP contribution in [-0.2, 0) is 0 Å². The average molecular weight is 258 g/mol. The predicted octanol–water partition coefficient (Wildman–Crippen LogP) is 3.55. The smallest absolute Gasteiger partial charge is 0.129 e. The molecule has 2 N–H and O–H groups in total. The second-order valence-corrected chi connectivity index (χ2v) is 4.05. The van der Waals surface area contributed by atoms with Crippen LogP contribution in [0, 0.1) is 5.82 Å². The van der Waals surface area contributed by atoms with Crippen LogP contribution in [0.1, 0.15) is 24.4 Å². The van der Waals surface area contributed by atoms with Crippen LogP contribution in [0.2, 0.25) is 0 Å². The monoisotopic (exact) mass is 257 g/mol. The molecule has 14 heavy (non-hydrogen) atoms. The SMILES string of the molecule is C=CCC[C@H](N)c1ccc(Br)cc1F. The number of halogens is 2. The average Bonchev–Trinajstić information content (AvgIpc) is 2.14. The molecule has 1 aromatic carbocycles. The molecular formula is C11H13BrFN.